The van der Waals surface area contributed by atoms with Gasteiger partial charge in [-0.15, -0.1) is 17.0 Å². The molecule has 1 atom stereocenters. The highest BCUT2D eigenvalue weighted by molar-refractivity contribution is 8.93. The first-order chi connectivity index (χ1) is 5.34. The van der Waals surface area contributed by atoms with Gasteiger partial charge < -0.3 is 5.73 Å². The molecule has 1 rings (SSSR count). The lowest BCUT2D eigenvalue weighted by molar-refractivity contribution is 0.638. The van der Waals surface area contributed by atoms with Crippen molar-refractivity contribution in [1.29, 1.82) is 0 Å². The number of nitrogens with two attached hydrogens (primary N) is 1. The van der Waals surface area contributed by atoms with E-state index >= 15 is 0 Å². The molecule has 0 amide bonds. The van der Waals surface area contributed by atoms with Gasteiger partial charge in [0.05, 0.1) is 0 Å². The molecule has 1 nitrogen and oxygen atoms in total. The summed E-state index contributed by atoms with van der Waals surface area (Å²) in [5, 5.41) is 0. The fraction of sp³-hybridized carbons (Fsp3) is 0.400. The lowest BCUT2D eigenvalue weighted by Crippen LogP contribution is -2.08. The predicted molar refractivity (Wildman–Crippen MR) is 58.6 cm³/mol. The van der Waals surface area contributed by atoms with Crippen molar-refractivity contribution >= 4 is 17.0 Å². The Morgan fingerprint density at radius 3 is 2.33 bits per heavy atom. The predicted octanol–water partition coefficient (Wildman–Crippen LogP) is 3.06. The number of benzene rings is 1. The second kappa shape index (κ2) is 6.21. The van der Waals surface area contributed by atoms with Crippen molar-refractivity contribution in [3.8, 4) is 0 Å². The molecule has 2 N–H and O–H groups in total. The summed E-state index contributed by atoms with van der Waals surface area (Å²) in [7, 11) is 0. The first kappa shape index (κ1) is 11.7. The molecular formula is C10H16BrN. The fourth-order valence-corrected chi connectivity index (χ4v) is 1.18. The van der Waals surface area contributed by atoms with Gasteiger partial charge >= 0.3 is 0 Å². The van der Waals surface area contributed by atoms with Crippen molar-refractivity contribution in [2.75, 3.05) is 0 Å². The molecular weight excluding hydrogens is 214 g/mol. The molecule has 0 aliphatic heterocycles. The molecule has 0 radical (unpaired) electrons. The third kappa shape index (κ3) is 3.37. The van der Waals surface area contributed by atoms with Crippen LogP contribution in [0.25, 0.3) is 0 Å². The van der Waals surface area contributed by atoms with Gasteiger partial charge in [0, 0.05) is 6.04 Å². The molecule has 0 aromatic heterocycles. The summed E-state index contributed by atoms with van der Waals surface area (Å²) in [6.07, 6.45) is 2.22. The van der Waals surface area contributed by atoms with Crippen LogP contribution in [0.2, 0.25) is 0 Å². The van der Waals surface area contributed by atoms with E-state index in [0.717, 1.165) is 12.8 Å². The van der Waals surface area contributed by atoms with Gasteiger partial charge in [-0.2, -0.15) is 0 Å². The van der Waals surface area contributed by atoms with Crippen LogP contribution in [0.5, 0.6) is 0 Å². The molecule has 1 aromatic rings. The smallest absolute Gasteiger partial charge is 0.0294 e. The molecule has 1 unspecified atom stereocenters. The first-order valence-corrected chi connectivity index (χ1v) is 4.15. The topological polar surface area (TPSA) is 26.0 Å². The van der Waals surface area contributed by atoms with Crippen LogP contribution in [0.4, 0.5) is 0 Å². The summed E-state index contributed by atoms with van der Waals surface area (Å²) in [5.41, 5.74) is 7.15. The second-order valence-electron chi connectivity index (χ2n) is 2.81. The maximum atomic E-state index is 5.91. The fourth-order valence-electron chi connectivity index (χ4n) is 1.18. The normalized spacial score (nSPS) is 11.8. The molecule has 0 aliphatic rings. The SMILES string of the molecule is Br.CCCC(N)c1ccccc1. The Bertz CT molecular complexity index is 198. The summed E-state index contributed by atoms with van der Waals surface area (Å²) in [6, 6.07) is 10.5. The van der Waals surface area contributed by atoms with E-state index in [1.54, 1.807) is 0 Å². The molecule has 0 saturated heterocycles. The van der Waals surface area contributed by atoms with E-state index in [1.807, 2.05) is 18.2 Å². The Hall–Kier alpha value is -0.340. The van der Waals surface area contributed by atoms with Crippen molar-refractivity contribution in [1.82, 2.24) is 0 Å². The highest BCUT2D eigenvalue weighted by atomic mass is 79.9. The standard InChI is InChI=1S/C10H15N.BrH/c1-2-6-10(11)9-7-4-3-5-8-9;/h3-5,7-8,10H,2,6,11H2,1H3;1H. The Balaban J connectivity index is 0.00000121. The van der Waals surface area contributed by atoms with Crippen LogP contribution in [-0.4, -0.2) is 0 Å². The molecule has 0 heterocycles. The minimum atomic E-state index is 0. The monoisotopic (exact) mass is 229 g/mol. The van der Waals surface area contributed by atoms with E-state index < -0.39 is 0 Å². The number of hydrogen-bond donors (Lipinski definition) is 1. The van der Waals surface area contributed by atoms with Gasteiger partial charge in [-0.25, -0.2) is 0 Å². The lowest BCUT2D eigenvalue weighted by atomic mass is 10.0. The molecule has 0 fully saturated rings. The lowest BCUT2D eigenvalue weighted by Gasteiger charge is -2.09. The van der Waals surface area contributed by atoms with E-state index in [9.17, 15) is 0 Å². The highest BCUT2D eigenvalue weighted by Crippen LogP contribution is 2.13. The Morgan fingerprint density at radius 2 is 1.83 bits per heavy atom. The second-order valence-corrected chi connectivity index (χ2v) is 2.81. The third-order valence-electron chi connectivity index (χ3n) is 1.83. The zero-order valence-electron chi connectivity index (χ0n) is 7.36. The summed E-state index contributed by atoms with van der Waals surface area (Å²) >= 11 is 0. The number of hydrogen-bond acceptors (Lipinski definition) is 1. The van der Waals surface area contributed by atoms with Crippen LogP contribution in [0.15, 0.2) is 30.3 Å². The molecule has 0 bridgehead atoms. The Kier molecular flexibility index (Phi) is 6.03. The van der Waals surface area contributed by atoms with Gasteiger partial charge in [-0.1, -0.05) is 43.7 Å². The molecule has 12 heavy (non-hydrogen) atoms. The van der Waals surface area contributed by atoms with E-state index in [2.05, 4.69) is 19.1 Å². The average Bonchev–Trinajstić information content (AvgIpc) is 2.07. The van der Waals surface area contributed by atoms with Crippen LogP contribution >= 0.6 is 17.0 Å². The van der Waals surface area contributed by atoms with Gasteiger partial charge in [0.1, 0.15) is 0 Å². The van der Waals surface area contributed by atoms with Crippen LogP contribution < -0.4 is 5.73 Å². The molecule has 0 aliphatic carbocycles. The molecule has 0 spiro atoms. The molecule has 2 heteroatoms. The van der Waals surface area contributed by atoms with E-state index in [0.29, 0.717) is 0 Å². The summed E-state index contributed by atoms with van der Waals surface area (Å²) in [4.78, 5) is 0. The minimum absolute atomic E-state index is 0. The van der Waals surface area contributed by atoms with Gasteiger partial charge in [0.25, 0.3) is 0 Å². The van der Waals surface area contributed by atoms with E-state index in [1.165, 1.54) is 5.56 Å². The van der Waals surface area contributed by atoms with Crippen LogP contribution in [-0.2, 0) is 0 Å². The summed E-state index contributed by atoms with van der Waals surface area (Å²) < 4.78 is 0. The average molecular weight is 230 g/mol. The van der Waals surface area contributed by atoms with Crippen LogP contribution in [0, 0.1) is 0 Å². The Labute approximate surface area is 84.7 Å². The van der Waals surface area contributed by atoms with Crippen LogP contribution in [0.3, 0.4) is 0 Å². The highest BCUT2D eigenvalue weighted by Gasteiger charge is 2.01. The maximum absolute atomic E-state index is 5.91. The zero-order chi connectivity index (χ0) is 8.10. The Morgan fingerprint density at radius 1 is 1.25 bits per heavy atom. The number of halogens is 1. The number of rotatable bonds is 3. The van der Waals surface area contributed by atoms with Gasteiger partial charge in [0.2, 0.25) is 0 Å². The maximum Gasteiger partial charge on any atom is 0.0294 e. The van der Waals surface area contributed by atoms with Crippen LogP contribution in [0.1, 0.15) is 31.4 Å². The van der Waals surface area contributed by atoms with E-state index in [-0.39, 0.29) is 23.0 Å². The summed E-state index contributed by atoms with van der Waals surface area (Å²) in [5.74, 6) is 0. The van der Waals surface area contributed by atoms with E-state index in [4.69, 9.17) is 5.73 Å². The quantitative estimate of drug-likeness (QED) is 0.848. The van der Waals surface area contributed by atoms with Gasteiger partial charge in [0.15, 0.2) is 0 Å². The van der Waals surface area contributed by atoms with Crippen molar-refractivity contribution in [2.24, 2.45) is 5.73 Å². The molecule has 1 aromatic carbocycles. The molecule has 0 saturated carbocycles. The van der Waals surface area contributed by atoms with Crippen molar-refractivity contribution in [3.63, 3.8) is 0 Å². The molecule has 68 valence electrons. The zero-order valence-corrected chi connectivity index (χ0v) is 9.08. The first-order valence-electron chi connectivity index (χ1n) is 4.15. The summed E-state index contributed by atoms with van der Waals surface area (Å²) in [6.45, 7) is 2.16. The van der Waals surface area contributed by atoms with Gasteiger partial charge in [-0.3, -0.25) is 0 Å². The third-order valence-corrected chi connectivity index (χ3v) is 1.83. The van der Waals surface area contributed by atoms with Crippen molar-refractivity contribution in [3.05, 3.63) is 35.9 Å². The van der Waals surface area contributed by atoms with Gasteiger partial charge in [-0.05, 0) is 12.0 Å². The minimum Gasteiger partial charge on any atom is -0.324 e. The largest absolute Gasteiger partial charge is 0.324 e. The van der Waals surface area contributed by atoms with Crippen molar-refractivity contribution < 1.29 is 0 Å². The van der Waals surface area contributed by atoms with Crippen molar-refractivity contribution in [2.45, 2.75) is 25.8 Å².